The summed E-state index contributed by atoms with van der Waals surface area (Å²) in [7, 11) is 0. The number of nitrogens with one attached hydrogen (secondary N) is 1. The van der Waals surface area contributed by atoms with E-state index in [4.69, 9.17) is 9.47 Å². The number of aryl methyl sites for hydroxylation is 1. The van der Waals surface area contributed by atoms with Crippen molar-refractivity contribution in [2.75, 3.05) is 11.5 Å². The Morgan fingerprint density at radius 2 is 1.68 bits per heavy atom. The zero-order chi connectivity index (χ0) is 28.7. The van der Waals surface area contributed by atoms with E-state index in [-0.39, 0.29) is 23.3 Å². The summed E-state index contributed by atoms with van der Waals surface area (Å²) in [5.41, 5.74) is 3.60. The summed E-state index contributed by atoms with van der Waals surface area (Å²) < 4.78 is 11.3. The average Bonchev–Trinajstić information content (AvgIpc) is 3.47. The van der Waals surface area contributed by atoms with Crippen LogP contribution in [0, 0.1) is 12.8 Å². The van der Waals surface area contributed by atoms with E-state index < -0.39 is 23.1 Å². The number of ether oxygens (including phenoxy) is 2. The van der Waals surface area contributed by atoms with E-state index in [0.29, 0.717) is 33.5 Å². The molecule has 208 valence electrons. The molecule has 4 aromatic rings. The third-order valence-electron chi connectivity index (χ3n) is 7.23. The van der Waals surface area contributed by atoms with Gasteiger partial charge in [0.05, 0.1) is 28.8 Å². The van der Waals surface area contributed by atoms with Gasteiger partial charge < -0.3 is 14.5 Å². The second-order valence-electron chi connectivity index (χ2n) is 9.84. The summed E-state index contributed by atoms with van der Waals surface area (Å²) in [6, 6.07) is 21.8. The fraction of sp³-hybridized carbons (Fsp3) is 0.226. The number of esters is 1. The fourth-order valence-corrected chi connectivity index (χ4v) is 7.79. The van der Waals surface area contributed by atoms with Crippen molar-refractivity contribution in [3.05, 3.63) is 110 Å². The zero-order valence-corrected chi connectivity index (χ0v) is 23.9. The molecule has 6 rings (SSSR count). The number of thiazole rings is 1. The highest BCUT2D eigenvalue weighted by molar-refractivity contribution is 8.00. The van der Waals surface area contributed by atoms with Crippen LogP contribution >= 0.6 is 23.1 Å². The van der Waals surface area contributed by atoms with Gasteiger partial charge >= 0.3 is 10.8 Å². The van der Waals surface area contributed by atoms with Crippen LogP contribution in [0.1, 0.15) is 44.8 Å². The Kier molecular flexibility index (Phi) is 7.27. The summed E-state index contributed by atoms with van der Waals surface area (Å²) in [5, 5.41) is -0.139. The maximum atomic E-state index is 14.1. The first-order valence-electron chi connectivity index (χ1n) is 13.2. The lowest BCUT2D eigenvalue weighted by Crippen LogP contribution is -2.32. The molecule has 2 aliphatic rings. The second kappa shape index (κ2) is 11.0. The highest BCUT2D eigenvalue weighted by atomic mass is 32.2. The van der Waals surface area contributed by atoms with Gasteiger partial charge in [-0.2, -0.15) is 0 Å². The molecule has 2 aliphatic heterocycles. The first-order valence-corrected chi connectivity index (χ1v) is 14.9. The SMILES string of the molecule is CCOC(=O)c1ccc(N2C(=O)[C@H]3[C@H](c4ccccc4OCc4ccc(C)cc4)c4sc(=O)[nH]c4S[C@H]3C2=O)cc1. The number of rotatable bonds is 7. The molecule has 8 nitrogen and oxygen atoms in total. The molecule has 10 heteroatoms. The molecule has 2 amide bonds. The van der Waals surface area contributed by atoms with Crippen LogP contribution in [0.5, 0.6) is 5.75 Å². The molecule has 0 bridgehead atoms. The molecule has 3 atom stereocenters. The van der Waals surface area contributed by atoms with Gasteiger partial charge in [0.25, 0.3) is 0 Å². The van der Waals surface area contributed by atoms with Gasteiger partial charge in [0.1, 0.15) is 17.6 Å². The van der Waals surface area contributed by atoms with Gasteiger partial charge in [-0.3, -0.25) is 14.4 Å². The van der Waals surface area contributed by atoms with Crippen LogP contribution in [0.15, 0.2) is 82.6 Å². The molecule has 41 heavy (non-hydrogen) atoms. The smallest absolute Gasteiger partial charge is 0.338 e. The first-order chi connectivity index (χ1) is 19.9. The van der Waals surface area contributed by atoms with Crippen molar-refractivity contribution in [3.63, 3.8) is 0 Å². The molecule has 0 saturated carbocycles. The number of imide groups is 1. The number of nitrogens with zero attached hydrogens (tertiary/aromatic N) is 1. The standard InChI is InChI=1S/C31H26N2O6S2/c1-3-38-30(36)19-12-14-20(15-13-19)33-28(34)24-23(25-27(32-31(37)41-25)40-26(24)29(33)35)21-6-4-5-7-22(21)39-16-18-10-8-17(2)9-11-18/h4-15,23-24,26H,3,16H2,1-2H3,(H,32,37)/t23-,24-,26+/m0/s1. The lowest BCUT2D eigenvalue weighted by atomic mass is 9.82. The van der Waals surface area contributed by atoms with Gasteiger partial charge in [-0.1, -0.05) is 71.1 Å². The van der Waals surface area contributed by atoms with E-state index in [2.05, 4.69) is 4.98 Å². The van der Waals surface area contributed by atoms with Crippen LogP contribution in [0.2, 0.25) is 0 Å². The molecule has 1 aromatic heterocycles. The summed E-state index contributed by atoms with van der Waals surface area (Å²) in [5.74, 6) is -1.92. The van der Waals surface area contributed by atoms with Gasteiger partial charge in [-0.15, -0.1) is 0 Å². The monoisotopic (exact) mass is 586 g/mol. The lowest BCUT2D eigenvalue weighted by molar-refractivity contribution is -0.122. The molecule has 0 aliphatic carbocycles. The van der Waals surface area contributed by atoms with E-state index in [9.17, 15) is 19.2 Å². The van der Waals surface area contributed by atoms with E-state index in [1.807, 2.05) is 55.5 Å². The molecule has 3 heterocycles. The Morgan fingerprint density at radius 1 is 0.951 bits per heavy atom. The van der Waals surface area contributed by atoms with Crippen molar-refractivity contribution in [3.8, 4) is 5.75 Å². The molecule has 0 radical (unpaired) electrons. The van der Waals surface area contributed by atoms with Crippen LogP contribution in [0.25, 0.3) is 0 Å². The Balaban J connectivity index is 1.37. The molecule has 0 spiro atoms. The lowest BCUT2D eigenvalue weighted by Gasteiger charge is -2.30. The third kappa shape index (κ3) is 4.98. The van der Waals surface area contributed by atoms with Crippen molar-refractivity contribution in [2.24, 2.45) is 5.92 Å². The highest BCUT2D eigenvalue weighted by Crippen LogP contribution is 2.54. The minimum Gasteiger partial charge on any atom is -0.489 e. The van der Waals surface area contributed by atoms with Gasteiger partial charge in [-0.05, 0) is 49.7 Å². The number of thioether (sulfide) groups is 1. The molecule has 1 saturated heterocycles. The number of H-pyrrole nitrogens is 1. The molecule has 1 N–H and O–H groups in total. The number of fused-ring (bicyclic) bond motifs is 2. The number of aromatic amines is 1. The Morgan fingerprint density at radius 3 is 2.41 bits per heavy atom. The Hall–Kier alpha value is -4.15. The van der Waals surface area contributed by atoms with Crippen molar-refractivity contribution < 1.29 is 23.9 Å². The fourth-order valence-electron chi connectivity index (χ4n) is 5.28. The van der Waals surface area contributed by atoms with Gasteiger partial charge in [0.15, 0.2) is 0 Å². The number of para-hydroxylation sites is 1. The summed E-state index contributed by atoms with van der Waals surface area (Å²) in [6.07, 6.45) is 0. The molecule has 1 fully saturated rings. The largest absolute Gasteiger partial charge is 0.489 e. The predicted octanol–water partition coefficient (Wildman–Crippen LogP) is 5.30. The van der Waals surface area contributed by atoms with Crippen molar-refractivity contribution in [1.29, 1.82) is 0 Å². The van der Waals surface area contributed by atoms with Crippen molar-refractivity contribution in [2.45, 2.75) is 36.6 Å². The minimum atomic E-state index is -0.750. The number of anilines is 1. The minimum absolute atomic E-state index is 0.239. The van der Waals surface area contributed by atoms with Crippen LogP contribution in [0.4, 0.5) is 5.69 Å². The topological polar surface area (TPSA) is 106 Å². The summed E-state index contributed by atoms with van der Waals surface area (Å²) >= 11 is 2.27. The van der Waals surface area contributed by atoms with E-state index in [1.165, 1.54) is 16.7 Å². The van der Waals surface area contributed by atoms with Crippen LogP contribution in [-0.4, -0.2) is 34.6 Å². The summed E-state index contributed by atoms with van der Waals surface area (Å²) in [6.45, 7) is 4.32. The normalized spacial score (nSPS) is 19.6. The number of hydrogen-bond donors (Lipinski definition) is 1. The third-order valence-corrected chi connectivity index (χ3v) is 9.63. The Bertz CT molecular complexity index is 1690. The number of carbonyl (C=O) groups excluding carboxylic acids is 3. The van der Waals surface area contributed by atoms with Crippen molar-refractivity contribution >= 4 is 46.6 Å². The van der Waals surface area contributed by atoms with E-state index >= 15 is 0 Å². The number of aromatic nitrogens is 1. The number of benzene rings is 3. The maximum absolute atomic E-state index is 14.1. The van der Waals surface area contributed by atoms with Crippen molar-refractivity contribution in [1.82, 2.24) is 4.98 Å². The van der Waals surface area contributed by atoms with Gasteiger partial charge in [0, 0.05) is 16.4 Å². The van der Waals surface area contributed by atoms with Crippen LogP contribution in [-0.2, 0) is 20.9 Å². The predicted molar refractivity (Wildman–Crippen MR) is 157 cm³/mol. The average molecular weight is 587 g/mol. The second-order valence-corrected chi connectivity index (χ2v) is 12.0. The molecule has 0 unspecified atom stereocenters. The molecular formula is C31H26N2O6S2. The van der Waals surface area contributed by atoms with Crippen LogP contribution < -0.4 is 14.5 Å². The quantitative estimate of drug-likeness (QED) is 0.232. The van der Waals surface area contributed by atoms with Gasteiger partial charge in [-0.25, -0.2) is 9.69 Å². The van der Waals surface area contributed by atoms with Crippen LogP contribution in [0.3, 0.4) is 0 Å². The van der Waals surface area contributed by atoms with E-state index in [1.54, 1.807) is 31.2 Å². The highest BCUT2D eigenvalue weighted by Gasteiger charge is 2.56. The van der Waals surface area contributed by atoms with Gasteiger partial charge in [0.2, 0.25) is 11.8 Å². The summed E-state index contributed by atoms with van der Waals surface area (Å²) in [4.78, 5) is 56.9. The Labute approximate surface area is 244 Å². The zero-order valence-electron chi connectivity index (χ0n) is 22.3. The number of carbonyl (C=O) groups is 3. The number of hydrogen-bond acceptors (Lipinski definition) is 8. The first kappa shape index (κ1) is 27.0. The molecular weight excluding hydrogens is 560 g/mol. The van der Waals surface area contributed by atoms with E-state index in [0.717, 1.165) is 28.0 Å². The number of amides is 2. The maximum Gasteiger partial charge on any atom is 0.338 e. The molecule has 3 aromatic carbocycles.